The highest BCUT2D eigenvalue weighted by atomic mass is 16.5. The highest BCUT2D eigenvalue weighted by molar-refractivity contribution is 5.83. The lowest BCUT2D eigenvalue weighted by Crippen LogP contribution is -2.49. The summed E-state index contributed by atoms with van der Waals surface area (Å²) in [6, 6.07) is 5.15. The molecule has 1 atom stereocenters. The Bertz CT molecular complexity index is 536. The largest absolute Gasteiger partial charge is 0.497 e. The number of methoxy groups -OCH3 is 2. The van der Waals surface area contributed by atoms with Crippen LogP contribution in [0.2, 0.25) is 0 Å². The van der Waals surface area contributed by atoms with Gasteiger partial charge < -0.3 is 30.4 Å². The number of nitrogens with two attached hydrogens (primary N) is 1. The van der Waals surface area contributed by atoms with E-state index in [1.165, 1.54) is 0 Å². The summed E-state index contributed by atoms with van der Waals surface area (Å²) in [6.45, 7) is 1.42. The molecule has 0 bridgehead atoms. The fraction of sp³-hybridized carbons (Fsp3) is 0.588. The fourth-order valence-corrected chi connectivity index (χ4v) is 2.80. The van der Waals surface area contributed by atoms with Crippen LogP contribution in [0.3, 0.4) is 0 Å². The van der Waals surface area contributed by atoms with E-state index in [0.717, 1.165) is 0 Å². The standard InChI is InChI=1S/C17H26N2O5/c1-22-13-7-12(8-14(9-13)23-2)15(20)10-19-16(21)17(11-18)3-5-24-6-4-17/h7-9,15,20H,3-6,10-11,18H2,1-2H3,(H,19,21). The molecule has 0 saturated carbocycles. The maximum Gasteiger partial charge on any atom is 0.227 e. The number of ether oxygens (including phenoxy) is 3. The van der Waals surface area contributed by atoms with Crippen LogP contribution in [-0.4, -0.2) is 51.5 Å². The minimum atomic E-state index is -0.868. The Hall–Kier alpha value is -1.83. The molecule has 1 amide bonds. The topological polar surface area (TPSA) is 103 Å². The third-order valence-electron chi connectivity index (χ3n) is 4.54. The molecule has 1 aromatic carbocycles. The summed E-state index contributed by atoms with van der Waals surface area (Å²) in [5.41, 5.74) is 5.82. The van der Waals surface area contributed by atoms with Crippen molar-refractivity contribution in [3.63, 3.8) is 0 Å². The molecule has 24 heavy (non-hydrogen) atoms. The van der Waals surface area contributed by atoms with Crippen molar-refractivity contribution in [2.24, 2.45) is 11.1 Å². The lowest BCUT2D eigenvalue weighted by atomic mass is 9.79. The molecular weight excluding hydrogens is 312 g/mol. The van der Waals surface area contributed by atoms with Crippen LogP contribution in [0.15, 0.2) is 18.2 Å². The van der Waals surface area contributed by atoms with Gasteiger partial charge in [-0.1, -0.05) is 0 Å². The predicted octanol–water partition coefficient (Wildman–Crippen LogP) is 0.609. The molecule has 2 rings (SSSR count). The number of aliphatic hydroxyl groups excluding tert-OH is 1. The van der Waals surface area contributed by atoms with Crippen molar-refractivity contribution in [3.8, 4) is 11.5 Å². The van der Waals surface area contributed by atoms with Gasteiger partial charge in [-0.15, -0.1) is 0 Å². The zero-order valence-electron chi connectivity index (χ0n) is 14.2. The van der Waals surface area contributed by atoms with Gasteiger partial charge in [-0.25, -0.2) is 0 Å². The molecule has 1 aliphatic rings. The SMILES string of the molecule is COc1cc(OC)cc(C(O)CNC(=O)C2(CN)CCOCC2)c1. The molecule has 1 fully saturated rings. The Balaban J connectivity index is 2.01. The van der Waals surface area contributed by atoms with Gasteiger partial charge in [0.1, 0.15) is 11.5 Å². The summed E-state index contributed by atoms with van der Waals surface area (Å²) in [6.07, 6.45) is 0.323. The molecule has 1 aromatic rings. The Labute approximate surface area is 142 Å². The molecule has 1 unspecified atom stereocenters. The first-order chi connectivity index (χ1) is 11.5. The summed E-state index contributed by atoms with van der Waals surface area (Å²) in [7, 11) is 3.09. The van der Waals surface area contributed by atoms with Crippen molar-refractivity contribution in [1.29, 1.82) is 0 Å². The zero-order chi connectivity index (χ0) is 17.6. The van der Waals surface area contributed by atoms with Gasteiger partial charge in [0, 0.05) is 32.4 Å². The Morgan fingerprint density at radius 3 is 2.38 bits per heavy atom. The van der Waals surface area contributed by atoms with Gasteiger partial charge in [0.2, 0.25) is 5.91 Å². The van der Waals surface area contributed by atoms with Gasteiger partial charge in [0.05, 0.1) is 25.7 Å². The molecule has 0 radical (unpaired) electrons. The van der Waals surface area contributed by atoms with E-state index in [1.54, 1.807) is 32.4 Å². The van der Waals surface area contributed by atoms with Crippen LogP contribution >= 0.6 is 0 Å². The number of amides is 1. The van der Waals surface area contributed by atoms with Crippen LogP contribution in [0, 0.1) is 5.41 Å². The van der Waals surface area contributed by atoms with Gasteiger partial charge in [-0.3, -0.25) is 4.79 Å². The van der Waals surface area contributed by atoms with Gasteiger partial charge in [0.25, 0.3) is 0 Å². The summed E-state index contributed by atoms with van der Waals surface area (Å²) in [4.78, 5) is 12.5. The average molecular weight is 338 g/mol. The molecule has 1 heterocycles. The molecule has 0 aliphatic carbocycles. The van der Waals surface area contributed by atoms with Crippen molar-refractivity contribution in [2.45, 2.75) is 18.9 Å². The van der Waals surface area contributed by atoms with E-state index in [-0.39, 0.29) is 19.0 Å². The van der Waals surface area contributed by atoms with Crippen LogP contribution in [0.25, 0.3) is 0 Å². The Morgan fingerprint density at radius 1 is 1.29 bits per heavy atom. The van der Waals surface area contributed by atoms with E-state index >= 15 is 0 Å². The molecule has 134 valence electrons. The van der Waals surface area contributed by atoms with Gasteiger partial charge in [-0.2, -0.15) is 0 Å². The van der Waals surface area contributed by atoms with E-state index in [9.17, 15) is 9.90 Å². The number of benzene rings is 1. The quantitative estimate of drug-likeness (QED) is 0.673. The van der Waals surface area contributed by atoms with E-state index in [4.69, 9.17) is 19.9 Å². The van der Waals surface area contributed by atoms with Crippen LogP contribution in [0.1, 0.15) is 24.5 Å². The number of aliphatic hydroxyl groups is 1. The molecule has 1 saturated heterocycles. The van der Waals surface area contributed by atoms with E-state index in [1.807, 2.05) is 0 Å². The first kappa shape index (κ1) is 18.5. The lowest BCUT2D eigenvalue weighted by Gasteiger charge is -2.34. The Morgan fingerprint density at radius 2 is 1.88 bits per heavy atom. The summed E-state index contributed by atoms with van der Waals surface area (Å²) in [5.74, 6) is 1.03. The molecule has 7 nitrogen and oxygen atoms in total. The van der Waals surface area contributed by atoms with Gasteiger partial charge in [-0.05, 0) is 30.5 Å². The molecule has 4 N–H and O–H groups in total. The van der Waals surface area contributed by atoms with E-state index in [2.05, 4.69) is 5.32 Å². The monoisotopic (exact) mass is 338 g/mol. The molecule has 7 heteroatoms. The number of nitrogens with one attached hydrogen (secondary N) is 1. The first-order valence-electron chi connectivity index (χ1n) is 8.02. The van der Waals surface area contributed by atoms with Crippen molar-refractivity contribution < 1.29 is 24.1 Å². The van der Waals surface area contributed by atoms with Crippen LogP contribution in [0.4, 0.5) is 0 Å². The number of hydrogen-bond acceptors (Lipinski definition) is 6. The summed E-state index contributed by atoms with van der Waals surface area (Å²) >= 11 is 0. The maximum absolute atomic E-state index is 12.5. The molecule has 1 aliphatic heterocycles. The minimum Gasteiger partial charge on any atom is -0.497 e. The van der Waals surface area contributed by atoms with Crippen molar-refractivity contribution in [2.75, 3.05) is 40.5 Å². The number of rotatable bonds is 7. The number of carbonyl (C=O) groups is 1. The molecular formula is C17H26N2O5. The summed E-state index contributed by atoms with van der Waals surface area (Å²) < 4.78 is 15.7. The predicted molar refractivity (Wildman–Crippen MR) is 89.1 cm³/mol. The van der Waals surface area contributed by atoms with E-state index in [0.29, 0.717) is 43.1 Å². The second kappa shape index (κ2) is 8.32. The maximum atomic E-state index is 12.5. The van der Waals surface area contributed by atoms with Gasteiger partial charge in [0.15, 0.2) is 0 Å². The smallest absolute Gasteiger partial charge is 0.227 e. The van der Waals surface area contributed by atoms with Gasteiger partial charge >= 0.3 is 0 Å². The van der Waals surface area contributed by atoms with Crippen molar-refractivity contribution in [3.05, 3.63) is 23.8 Å². The fourth-order valence-electron chi connectivity index (χ4n) is 2.80. The molecule has 0 aromatic heterocycles. The highest BCUT2D eigenvalue weighted by Gasteiger charge is 2.38. The zero-order valence-corrected chi connectivity index (χ0v) is 14.2. The van der Waals surface area contributed by atoms with E-state index < -0.39 is 11.5 Å². The van der Waals surface area contributed by atoms with Crippen molar-refractivity contribution in [1.82, 2.24) is 5.32 Å². The third-order valence-corrected chi connectivity index (χ3v) is 4.54. The number of hydrogen-bond donors (Lipinski definition) is 3. The van der Waals surface area contributed by atoms with Crippen LogP contribution in [0.5, 0.6) is 11.5 Å². The average Bonchev–Trinajstić information content (AvgIpc) is 2.65. The summed E-state index contributed by atoms with van der Waals surface area (Å²) in [5, 5.41) is 13.2. The normalized spacial score (nSPS) is 17.8. The highest BCUT2D eigenvalue weighted by Crippen LogP contribution is 2.30. The number of carbonyl (C=O) groups excluding carboxylic acids is 1. The van der Waals surface area contributed by atoms with Crippen LogP contribution in [-0.2, 0) is 9.53 Å². The second-order valence-electron chi connectivity index (χ2n) is 5.97. The molecule has 0 spiro atoms. The first-order valence-corrected chi connectivity index (χ1v) is 8.02. The van der Waals surface area contributed by atoms with Crippen LogP contribution < -0.4 is 20.5 Å². The lowest BCUT2D eigenvalue weighted by molar-refractivity contribution is -0.136. The minimum absolute atomic E-state index is 0.0950. The third kappa shape index (κ3) is 4.17. The second-order valence-corrected chi connectivity index (χ2v) is 5.97. The Kier molecular flexibility index (Phi) is 6.42. The van der Waals surface area contributed by atoms with Crippen molar-refractivity contribution >= 4 is 5.91 Å².